The molecule has 0 amide bonds. The van der Waals surface area contributed by atoms with Crippen LogP contribution in [0.5, 0.6) is 5.88 Å². The highest BCUT2D eigenvalue weighted by molar-refractivity contribution is 7.22. The molecule has 0 bridgehead atoms. The van der Waals surface area contributed by atoms with Crippen molar-refractivity contribution in [3.63, 3.8) is 0 Å². The first-order valence-corrected chi connectivity index (χ1v) is 10.2. The lowest BCUT2D eigenvalue weighted by Crippen LogP contribution is -2.34. The summed E-state index contributed by atoms with van der Waals surface area (Å²) in [5.41, 5.74) is 1.01. The van der Waals surface area contributed by atoms with Gasteiger partial charge in [0, 0.05) is 24.2 Å². The number of anilines is 1. The van der Waals surface area contributed by atoms with Crippen molar-refractivity contribution < 1.29 is 14.1 Å². The number of piperidine rings is 1. The van der Waals surface area contributed by atoms with Gasteiger partial charge in [-0.05, 0) is 48.5 Å². The first kappa shape index (κ1) is 18.3. The van der Waals surface area contributed by atoms with Crippen LogP contribution in [0.25, 0.3) is 10.2 Å². The van der Waals surface area contributed by atoms with Crippen molar-refractivity contribution in [3.05, 3.63) is 35.0 Å². The molecule has 1 fully saturated rings. The van der Waals surface area contributed by atoms with Crippen LogP contribution in [-0.2, 0) is 11.2 Å². The second-order valence-electron chi connectivity index (χ2n) is 6.68. The zero-order chi connectivity index (χ0) is 18.6. The molecule has 1 aliphatic heterocycles. The summed E-state index contributed by atoms with van der Waals surface area (Å²) >= 11 is 7.77. The Labute approximate surface area is 166 Å². The number of benzene rings is 1. The van der Waals surface area contributed by atoms with Crippen LogP contribution in [0.1, 0.15) is 25.0 Å². The molecule has 0 atom stereocenters. The molecule has 4 rings (SSSR count). The zero-order valence-electron chi connectivity index (χ0n) is 14.8. The number of nitrogens with zero attached hydrogens (tertiary/aromatic N) is 3. The molecule has 0 unspecified atom stereocenters. The molecule has 0 spiro atoms. The second kappa shape index (κ2) is 8.27. The molecule has 1 aromatic carbocycles. The van der Waals surface area contributed by atoms with E-state index in [1.165, 1.54) is 0 Å². The molecular weight excluding hydrogens is 386 g/mol. The summed E-state index contributed by atoms with van der Waals surface area (Å²) < 4.78 is 11.8. The Bertz CT molecular complexity index is 918. The van der Waals surface area contributed by atoms with Crippen LogP contribution in [0, 0.1) is 5.92 Å². The molecule has 2 aromatic heterocycles. The summed E-state index contributed by atoms with van der Waals surface area (Å²) in [6, 6.07) is 7.52. The quantitative estimate of drug-likeness (QED) is 0.544. The van der Waals surface area contributed by atoms with Crippen molar-refractivity contribution >= 4 is 44.6 Å². The third-order valence-corrected chi connectivity index (χ3v) is 6.14. The molecule has 0 radical (unpaired) electrons. The fourth-order valence-electron chi connectivity index (χ4n) is 3.31. The van der Waals surface area contributed by atoms with Crippen molar-refractivity contribution in [1.82, 2.24) is 10.1 Å². The molecule has 0 aliphatic carbocycles. The number of carbonyl (C=O) groups is 1. The minimum Gasteiger partial charge on any atom is -0.475 e. The van der Waals surface area contributed by atoms with Gasteiger partial charge in [-0.2, -0.15) is 0 Å². The monoisotopic (exact) mass is 405 g/mol. The summed E-state index contributed by atoms with van der Waals surface area (Å²) in [5, 5.41) is 5.64. The fourth-order valence-corrected chi connectivity index (χ4v) is 4.60. The lowest BCUT2D eigenvalue weighted by atomic mass is 9.94. The first-order valence-electron chi connectivity index (χ1n) is 9.04. The fraction of sp³-hybridized carbons (Fsp3) is 0.421. The van der Waals surface area contributed by atoms with E-state index in [1.54, 1.807) is 17.4 Å². The number of ether oxygens (including phenoxy) is 1. The molecule has 1 saturated heterocycles. The molecule has 8 heteroatoms. The molecule has 3 heterocycles. The molecule has 0 N–H and O–H groups in total. The molecular formula is C19H20ClN3O3S. The SMILES string of the molecule is O=CCc1cc(OCCC2CCN(c3nc4ccc(Cl)cc4s3)CC2)no1. The lowest BCUT2D eigenvalue weighted by molar-refractivity contribution is -0.107. The predicted octanol–water partition coefficient (Wildman–Crippen LogP) is 4.36. The van der Waals surface area contributed by atoms with E-state index in [0.29, 0.717) is 24.2 Å². The number of thiazole rings is 1. The number of hydrogen-bond acceptors (Lipinski definition) is 7. The minimum atomic E-state index is 0.229. The van der Waals surface area contributed by atoms with Gasteiger partial charge >= 0.3 is 0 Å². The van der Waals surface area contributed by atoms with Crippen molar-refractivity contribution in [2.45, 2.75) is 25.7 Å². The summed E-state index contributed by atoms with van der Waals surface area (Å²) in [6.45, 7) is 2.62. The van der Waals surface area contributed by atoms with Gasteiger partial charge in [-0.3, -0.25) is 0 Å². The van der Waals surface area contributed by atoms with E-state index in [-0.39, 0.29) is 6.42 Å². The smallest absolute Gasteiger partial charge is 0.254 e. The predicted molar refractivity (Wildman–Crippen MR) is 106 cm³/mol. The highest BCUT2D eigenvalue weighted by atomic mass is 35.5. The zero-order valence-corrected chi connectivity index (χ0v) is 16.3. The minimum absolute atomic E-state index is 0.229. The standard InChI is InChI=1S/C19H20ClN3O3S/c20-14-1-2-16-17(11-14)27-19(21-16)23-7-3-13(4-8-23)6-10-25-18-12-15(5-9-24)26-22-18/h1-2,9,11-13H,3-8,10H2. The van der Waals surface area contributed by atoms with Crippen LogP contribution < -0.4 is 9.64 Å². The average molecular weight is 406 g/mol. The topological polar surface area (TPSA) is 68.5 Å². The van der Waals surface area contributed by atoms with E-state index in [1.807, 2.05) is 18.2 Å². The van der Waals surface area contributed by atoms with Gasteiger partial charge < -0.3 is 19.0 Å². The summed E-state index contributed by atoms with van der Waals surface area (Å²) in [6.07, 6.45) is 4.24. The van der Waals surface area contributed by atoms with Gasteiger partial charge in [0.1, 0.15) is 12.0 Å². The van der Waals surface area contributed by atoms with E-state index in [9.17, 15) is 4.79 Å². The molecule has 27 heavy (non-hydrogen) atoms. The largest absolute Gasteiger partial charge is 0.475 e. The van der Waals surface area contributed by atoms with Crippen LogP contribution >= 0.6 is 22.9 Å². The number of halogens is 1. The molecule has 3 aromatic rings. The normalized spacial score (nSPS) is 15.4. The maximum Gasteiger partial charge on any atom is 0.254 e. The van der Waals surface area contributed by atoms with E-state index in [2.05, 4.69) is 10.1 Å². The van der Waals surface area contributed by atoms with Crippen molar-refractivity contribution in [2.24, 2.45) is 5.92 Å². The van der Waals surface area contributed by atoms with Gasteiger partial charge in [0.05, 0.1) is 23.2 Å². The summed E-state index contributed by atoms with van der Waals surface area (Å²) in [7, 11) is 0. The molecule has 6 nitrogen and oxygen atoms in total. The van der Waals surface area contributed by atoms with E-state index in [4.69, 9.17) is 25.8 Å². The highest BCUT2D eigenvalue weighted by Crippen LogP contribution is 2.33. The number of carbonyl (C=O) groups excluding carboxylic acids is 1. The number of rotatable bonds is 7. The third kappa shape index (κ3) is 4.42. The van der Waals surface area contributed by atoms with Gasteiger partial charge in [0.25, 0.3) is 5.88 Å². The van der Waals surface area contributed by atoms with Gasteiger partial charge in [-0.1, -0.05) is 22.9 Å². The van der Waals surface area contributed by atoms with Crippen molar-refractivity contribution in [3.8, 4) is 5.88 Å². The number of aldehydes is 1. The van der Waals surface area contributed by atoms with E-state index < -0.39 is 0 Å². The number of hydrogen-bond donors (Lipinski definition) is 0. The van der Waals surface area contributed by atoms with E-state index in [0.717, 1.165) is 59.0 Å². The highest BCUT2D eigenvalue weighted by Gasteiger charge is 2.22. The van der Waals surface area contributed by atoms with Gasteiger partial charge in [-0.25, -0.2) is 4.98 Å². The molecule has 0 saturated carbocycles. The maximum absolute atomic E-state index is 10.5. The van der Waals surface area contributed by atoms with Gasteiger partial charge in [0.15, 0.2) is 5.13 Å². The average Bonchev–Trinajstić information content (AvgIpc) is 3.29. The van der Waals surface area contributed by atoms with Crippen LogP contribution in [0.4, 0.5) is 5.13 Å². The van der Waals surface area contributed by atoms with Crippen LogP contribution in [0.15, 0.2) is 28.8 Å². The molecule has 142 valence electrons. The Hall–Kier alpha value is -2.12. The van der Waals surface area contributed by atoms with Crippen molar-refractivity contribution in [2.75, 3.05) is 24.6 Å². The van der Waals surface area contributed by atoms with Crippen LogP contribution in [0.2, 0.25) is 5.02 Å². The Kier molecular flexibility index (Phi) is 5.59. The first-order chi connectivity index (χ1) is 13.2. The summed E-state index contributed by atoms with van der Waals surface area (Å²) in [4.78, 5) is 17.6. The number of aromatic nitrogens is 2. The number of fused-ring (bicyclic) bond motifs is 1. The second-order valence-corrected chi connectivity index (χ2v) is 8.12. The summed E-state index contributed by atoms with van der Waals surface area (Å²) in [5.74, 6) is 1.62. The molecule has 1 aliphatic rings. The third-order valence-electron chi connectivity index (χ3n) is 4.82. The van der Waals surface area contributed by atoms with Crippen LogP contribution in [0.3, 0.4) is 0 Å². The Balaban J connectivity index is 1.25. The van der Waals surface area contributed by atoms with Crippen molar-refractivity contribution in [1.29, 1.82) is 0 Å². The van der Waals surface area contributed by atoms with Crippen LogP contribution in [-0.4, -0.2) is 36.1 Å². The Morgan fingerprint density at radius 3 is 3.00 bits per heavy atom. The Morgan fingerprint density at radius 2 is 2.19 bits per heavy atom. The lowest BCUT2D eigenvalue weighted by Gasteiger charge is -2.31. The van der Waals surface area contributed by atoms with Gasteiger partial charge in [0.2, 0.25) is 0 Å². The Morgan fingerprint density at radius 1 is 1.33 bits per heavy atom. The maximum atomic E-state index is 10.5. The van der Waals surface area contributed by atoms with E-state index >= 15 is 0 Å². The van der Waals surface area contributed by atoms with Gasteiger partial charge in [-0.15, -0.1) is 0 Å².